The second kappa shape index (κ2) is 11.4. The Morgan fingerprint density at radius 3 is 2.34 bits per heavy atom. The number of hydrogen-bond acceptors (Lipinski definition) is 5. The van der Waals surface area contributed by atoms with Crippen LogP contribution in [0, 0.1) is 0 Å². The van der Waals surface area contributed by atoms with Gasteiger partial charge in [0.25, 0.3) is 5.91 Å². The topological polar surface area (TPSA) is 105 Å². The molecule has 0 saturated carbocycles. The van der Waals surface area contributed by atoms with Crippen LogP contribution >= 0.6 is 0 Å². The lowest BCUT2D eigenvalue weighted by Gasteiger charge is -2.12. The molecule has 0 atom stereocenters. The number of phenolic OH excluding ortho intramolecular Hbond substituents is 1. The SMILES string of the molecule is O=C(O)COc1ccc(O)cc1NC(=O)c1ccc(OCCCCc2ccccc2)cc1. The molecule has 7 heteroatoms. The Morgan fingerprint density at radius 2 is 1.62 bits per heavy atom. The van der Waals surface area contributed by atoms with Gasteiger partial charge < -0.3 is 25.0 Å². The summed E-state index contributed by atoms with van der Waals surface area (Å²) in [4.78, 5) is 23.3. The zero-order chi connectivity index (χ0) is 22.8. The highest BCUT2D eigenvalue weighted by atomic mass is 16.5. The van der Waals surface area contributed by atoms with E-state index in [1.807, 2.05) is 18.2 Å². The molecule has 3 N–H and O–H groups in total. The number of carbonyl (C=O) groups is 2. The zero-order valence-corrected chi connectivity index (χ0v) is 17.5. The Kier molecular flexibility index (Phi) is 8.09. The molecule has 0 fully saturated rings. The number of carbonyl (C=O) groups excluding carboxylic acids is 1. The molecule has 0 aliphatic carbocycles. The molecule has 32 heavy (non-hydrogen) atoms. The number of aliphatic carboxylic acids is 1. The van der Waals surface area contributed by atoms with Crippen molar-refractivity contribution in [3.05, 3.63) is 83.9 Å². The molecule has 0 radical (unpaired) electrons. The van der Waals surface area contributed by atoms with Crippen LogP contribution in [-0.4, -0.2) is 35.3 Å². The predicted octanol–water partition coefficient (Wildman–Crippen LogP) is 4.51. The van der Waals surface area contributed by atoms with Gasteiger partial charge in [-0.25, -0.2) is 4.79 Å². The van der Waals surface area contributed by atoms with Gasteiger partial charge in [0.15, 0.2) is 6.61 Å². The maximum Gasteiger partial charge on any atom is 0.341 e. The fourth-order valence-electron chi connectivity index (χ4n) is 3.04. The van der Waals surface area contributed by atoms with Gasteiger partial charge in [-0.05, 0) is 61.2 Å². The first-order valence-electron chi connectivity index (χ1n) is 10.3. The van der Waals surface area contributed by atoms with E-state index in [9.17, 15) is 14.7 Å². The third-order valence-corrected chi connectivity index (χ3v) is 4.65. The van der Waals surface area contributed by atoms with Crippen molar-refractivity contribution in [2.75, 3.05) is 18.5 Å². The molecule has 1 amide bonds. The minimum Gasteiger partial charge on any atom is -0.508 e. The smallest absolute Gasteiger partial charge is 0.341 e. The molecule has 0 heterocycles. The van der Waals surface area contributed by atoms with Crippen LogP contribution in [0.1, 0.15) is 28.8 Å². The molecular weight excluding hydrogens is 410 g/mol. The molecule has 7 nitrogen and oxygen atoms in total. The third-order valence-electron chi connectivity index (χ3n) is 4.65. The molecule has 0 bridgehead atoms. The lowest BCUT2D eigenvalue weighted by atomic mass is 10.1. The first-order chi connectivity index (χ1) is 15.5. The van der Waals surface area contributed by atoms with Crippen LogP contribution < -0.4 is 14.8 Å². The first-order valence-corrected chi connectivity index (χ1v) is 10.3. The Hall–Kier alpha value is -4.00. The van der Waals surface area contributed by atoms with Gasteiger partial charge in [-0.1, -0.05) is 30.3 Å². The average Bonchev–Trinajstić information content (AvgIpc) is 2.79. The van der Waals surface area contributed by atoms with Gasteiger partial charge in [0.1, 0.15) is 17.2 Å². The van der Waals surface area contributed by atoms with Crippen molar-refractivity contribution in [1.82, 2.24) is 0 Å². The molecule has 3 rings (SSSR count). The molecule has 166 valence electrons. The lowest BCUT2D eigenvalue weighted by Crippen LogP contribution is -2.15. The Balaban J connectivity index is 1.49. The van der Waals surface area contributed by atoms with Crippen LogP contribution in [0.5, 0.6) is 17.2 Å². The molecular formula is C25H25NO6. The molecule has 0 unspecified atom stereocenters. The van der Waals surface area contributed by atoms with E-state index in [0.717, 1.165) is 19.3 Å². The number of anilines is 1. The Morgan fingerprint density at radius 1 is 0.875 bits per heavy atom. The fourth-order valence-corrected chi connectivity index (χ4v) is 3.04. The zero-order valence-electron chi connectivity index (χ0n) is 17.5. The van der Waals surface area contributed by atoms with E-state index in [2.05, 4.69) is 17.4 Å². The summed E-state index contributed by atoms with van der Waals surface area (Å²) in [7, 11) is 0. The van der Waals surface area contributed by atoms with Crippen LogP contribution in [0.3, 0.4) is 0 Å². The molecule has 3 aromatic carbocycles. The molecule has 0 saturated heterocycles. The average molecular weight is 435 g/mol. The minimum absolute atomic E-state index is 0.0843. The number of aromatic hydroxyl groups is 1. The van der Waals surface area contributed by atoms with Crippen LogP contribution in [0.2, 0.25) is 0 Å². The number of carboxylic acids is 1. The maximum absolute atomic E-state index is 12.6. The number of rotatable bonds is 11. The maximum atomic E-state index is 12.6. The molecule has 0 aliphatic rings. The summed E-state index contributed by atoms with van der Waals surface area (Å²) in [5, 5.41) is 21.1. The van der Waals surface area contributed by atoms with Gasteiger partial charge in [0.2, 0.25) is 0 Å². The van der Waals surface area contributed by atoms with E-state index in [-0.39, 0.29) is 17.2 Å². The summed E-state index contributed by atoms with van der Waals surface area (Å²) in [5.41, 5.74) is 1.87. The number of benzene rings is 3. The number of carboxylic acid groups (broad SMARTS) is 1. The second-order valence-corrected chi connectivity index (χ2v) is 7.13. The van der Waals surface area contributed by atoms with Gasteiger partial charge in [-0.15, -0.1) is 0 Å². The highest BCUT2D eigenvalue weighted by Crippen LogP contribution is 2.29. The van der Waals surface area contributed by atoms with Crippen molar-refractivity contribution in [2.45, 2.75) is 19.3 Å². The Labute approximate surface area is 186 Å². The molecule has 3 aromatic rings. The van der Waals surface area contributed by atoms with Gasteiger partial charge in [-0.2, -0.15) is 0 Å². The Bertz CT molecular complexity index is 1030. The highest BCUT2D eigenvalue weighted by molar-refractivity contribution is 6.05. The summed E-state index contributed by atoms with van der Waals surface area (Å²) < 4.78 is 10.9. The molecule has 0 spiro atoms. The van der Waals surface area contributed by atoms with E-state index in [4.69, 9.17) is 14.6 Å². The summed E-state index contributed by atoms with van der Waals surface area (Å²) in [5.74, 6) is -0.840. The van der Waals surface area contributed by atoms with E-state index >= 15 is 0 Å². The fraction of sp³-hybridized carbons (Fsp3) is 0.200. The van der Waals surface area contributed by atoms with Gasteiger partial charge >= 0.3 is 5.97 Å². The summed E-state index contributed by atoms with van der Waals surface area (Å²) in [6.07, 6.45) is 2.96. The number of phenols is 1. The second-order valence-electron chi connectivity index (χ2n) is 7.13. The van der Waals surface area contributed by atoms with Gasteiger partial charge in [-0.3, -0.25) is 4.79 Å². The van der Waals surface area contributed by atoms with Crippen molar-refractivity contribution >= 4 is 17.6 Å². The number of amides is 1. The van der Waals surface area contributed by atoms with Crippen molar-refractivity contribution in [1.29, 1.82) is 0 Å². The van der Waals surface area contributed by atoms with Crippen LogP contribution in [-0.2, 0) is 11.2 Å². The van der Waals surface area contributed by atoms with Crippen molar-refractivity contribution in [3.63, 3.8) is 0 Å². The number of ether oxygens (including phenoxy) is 2. The molecule has 0 aromatic heterocycles. The van der Waals surface area contributed by atoms with Crippen LogP contribution in [0.25, 0.3) is 0 Å². The standard InChI is InChI=1S/C25H25NO6/c27-20-11-14-23(32-17-24(28)29)22(16-20)26-25(30)19-9-12-21(13-10-19)31-15-5-4-8-18-6-2-1-3-7-18/h1-3,6-7,9-14,16,27H,4-5,8,15,17H2,(H,26,30)(H,28,29). The van der Waals surface area contributed by atoms with Gasteiger partial charge in [0, 0.05) is 11.6 Å². The van der Waals surface area contributed by atoms with Crippen molar-refractivity contribution in [3.8, 4) is 17.2 Å². The van der Waals surface area contributed by atoms with Crippen molar-refractivity contribution in [2.24, 2.45) is 0 Å². The van der Waals surface area contributed by atoms with Crippen LogP contribution in [0.4, 0.5) is 5.69 Å². The number of aryl methyl sites for hydroxylation is 1. The van der Waals surface area contributed by atoms with E-state index < -0.39 is 18.5 Å². The number of unbranched alkanes of at least 4 members (excludes halogenated alkanes) is 1. The summed E-state index contributed by atoms with van der Waals surface area (Å²) in [6.45, 7) is 0.0248. The normalized spacial score (nSPS) is 10.4. The third kappa shape index (κ3) is 7.05. The molecule has 0 aliphatic heterocycles. The van der Waals surface area contributed by atoms with Crippen molar-refractivity contribution < 1.29 is 29.3 Å². The predicted molar refractivity (Wildman–Crippen MR) is 121 cm³/mol. The van der Waals surface area contributed by atoms with Crippen LogP contribution in [0.15, 0.2) is 72.8 Å². The minimum atomic E-state index is -1.15. The lowest BCUT2D eigenvalue weighted by molar-refractivity contribution is -0.139. The summed E-state index contributed by atoms with van der Waals surface area (Å²) in [6, 6.07) is 21.0. The van der Waals surface area contributed by atoms with E-state index in [1.165, 1.54) is 23.8 Å². The first kappa shape index (κ1) is 22.7. The van der Waals surface area contributed by atoms with Gasteiger partial charge in [0.05, 0.1) is 12.3 Å². The number of nitrogens with one attached hydrogen (secondary N) is 1. The highest BCUT2D eigenvalue weighted by Gasteiger charge is 2.12. The number of hydrogen-bond donors (Lipinski definition) is 3. The monoisotopic (exact) mass is 435 g/mol. The largest absolute Gasteiger partial charge is 0.508 e. The summed E-state index contributed by atoms with van der Waals surface area (Å²) >= 11 is 0. The van der Waals surface area contributed by atoms with E-state index in [0.29, 0.717) is 17.9 Å². The van der Waals surface area contributed by atoms with E-state index in [1.54, 1.807) is 24.3 Å². The quantitative estimate of drug-likeness (QED) is 0.383.